The van der Waals surface area contributed by atoms with Crippen molar-refractivity contribution in [2.24, 2.45) is 0 Å². The summed E-state index contributed by atoms with van der Waals surface area (Å²) >= 11 is 5.84. The molecule has 0 amide bonds. The quantitative estimate of drug-likeness (QED) is 0.729. The first-order chi connectivity index (χ1) is 10.1. The van der Waals surface area contributed by atoms with E-state index in [-0.39, 0.29) is 0 Å². The summed E-state index contributed by atoms with van der Waals surface area (Å²) in [5, 5.41) is 12.9. The molecule has 0 bridgehead atoms. The number of hydrogen-bond acceptors (Lipinski definition) is 1. The van der Waals surface area contributed by atoms with Crippen LogP contribution in [0.5, 0.6) is 0 Å². The van der Waals surface area contributed by atoms with Crippen molar-refractivity contribution >= 4 is 22.4 Å². The molecule has 3 heteroatoms. The fourth-order valence-electron chi connectivity index (χ4n) is 2.56. The van der Waals surface area contributed by atoms with Crippen molar-refractivity contribution in [3.63, 3.8) is 0 Å². The maximum Gasteiger partial charge on any atom is 0.125 e. The van der Waals surface area contributed by atoms with Gasteiger partial charge in [0, 0.05) is 11.4 Å². The van der Waals surface area contributed by atoms with Crippen LogP contribution in [-0.2, 0) is 6.42 Å². The Labute approximate surface area is 127 Å². The highest BCUT2D eigenvalue weighted by Gasteiger charge is 2.12. The van der Waals surface area contributed by atoms with Gasteiger partial charge in [0.25, 0.3) is 0 Å². The van der Waals surface area contributed by atoms with Gasteiger partial charge in [0.1, 0.15) is 5.82 Å². The van der Waals surface area contributed by atoms with Crippen LogP contribution < -0.4 is 0 Å². The van der Waals surface area contributed by atoms with E-state index in [0.717, 1.165) is 16.3 Å². The zero-order valence-electron chi connectivity index (χ0n) is 11.3. The Bertz CT molecular complexity index is 760. The molecule has 1 N–H and O–H groups in total. The Morgan fingerprint density at radius 2 is 1.76 bits per heavy atom. The van der Waals surface area contributed by atoms with Crippen molar-refractivity contribution in [3.05, 3.63) is 82.6 Å². The minimum absolute atomic E-state index is 0.293. The summed E-state index contributed by atoms with van der Waals surface area (Å²) in [5.41, 5.74) is 1.52. The molecule has 21 heavy (non-hydrogen) atoms. The maximum absolute atomic E-state index is 13.4. The van der Waals surface area contributed by atoms with Crippen LogP contribution in [0, 0.1) is 5.82 Å². The second kappa shape index (κ2) is 5.84. The number of halogens is 2. The standard InChI is InChI=1S/C18H14ClFO/c19-15-8-14(9-16(20)11-15)18(21)10-13-6-3-5-12-4-1-2-7-17(12)13/h1-9,11,18,21H,10H2. The summed E-state index contributed by atoms with van der Waals surface area (Å²) in [5.74, 6) is -0.436. The van der Waals surface area contributed by atoms with Crippen molar-refractivity contribution < 1.29 is 9.50 Å². The molecule has 3 rings (SSSR count). The molecule has 0 aromatic heterocycles. The van der Waals surface area contributed by atoms with Gasteiger partial charge in [-0.25, -0.2) is 4.39 Å². The van der Waals surface area contributed by atoms with Crippen LogP contribution in [0.1, 0.15) is 17.2 Å². The molecular formula is C18H14ClFO. The summed E-state index contributed by atoms with van der Waals surface area (Å²) < 4.78 is 13.4. The molecule has 0 saturated heterocycles. The molecule has 0 saturated carbocycles. The van der Waals surface area contributed by atoms with Gasteiger partial charge in [-0.2, -0.15) is 0 Å². The molecule has 0 radical (unpaired) electrons. The molecule has 0 spiro atoms. The van der Waals surface area contributed by atoms with Crippen LogP contribution in [0.15, 0.2) is 60.7 Å². The number of rotatable bonds is 3. The predicted octanol–water partition coefficient (Wildman–Crippen LogP) is 4.91. The van der Waals surface area contributed by atoms with Crippen LogP contribution >= 0.6 is 11.6 Å². The molecule has 1 unspecified atom stereocenters. The molecule has 106 valence electrons. The number of hydrogen-bond donors (Lipinski definition) is 1. The van der Waals surface area contributed by atoms with Crippen LogP contribution in [0.2, 0.25) is 5.02 Å². The normalized spacial score (nSPS) is 12.5. The molecule has 1 atom stereocenters. The third kappa shape index (κ3) is 3.07. The molecule has 0 aliphatic heterocycles. The Morgan fingerprint density at radius 1 is 1.00 bits per heavy atom. The van der Waals surface area contributed by atoms with Gasteiger partial charge < -0.3 is 5.11 Å². The molecule has 1 nitrogen and oxygen atoms in total. The lowest BCUT2D eigenvalue weighted by Crippen LogP contribution is -2.03. The second-order valence-corrected chi connectivity index (χ2v) is 5.50. The van der Waals surface area contributed by atoms with Gasteiger partial charge in [-0.05, 0) is 40.1 Å². The van der Waals surface area contributed by atoms with Crippen LogP contribution in [0.4, 0.5) is 4.39 Å². The van der Waals surface area contributed by atoms with E-state index in [0.29, 0.717) is 17.0 Å². The van der Waals surface area contributed by atoms with Crippen LogP contribution in [0.25, 0.3) is 10.8 Å². The van der Waals surface area contributed by atoms with Crippen molar-refractivity contribution in [2.45, 2.75) is 12.5 Å². The van der Waals surface area contributed by atoms with Crippen molar-refractivity contribution in [1.82, 2.24) is 0 Å². The zero-order chi connectivity index (χ0) is 14.8. The third-order valence-electron chi connectivity index (χ3n) is 3.56. The Hall–Kier alpha value is -1.90. The van der Waals surface area contributed by atoms with Gasteiger partial charge in [0.15, 0.2) is 0 Å². The second-order valence-electron chi connectivity index (χ2n) is 5.06. The zero-order valence-corrected chi connectivity index (χ0v) is 12.0. The maximum atomic E-state index is 13.4. The third-order valence-corrected chi connectivity index (χ3v) is 3.78. The van der Waals surface area contributed by atoms with E-state index in [1.807, 2.05) is 42.5 Å². The fourth-order valence-corrected chi connectivity index (χ4v) is 2.79. The first-order valence-corrected chi connectivity index (χ1v) is 7.12. The van der Waals surface area contributed by atoms with E-state index in [1.54, 1.807) is 6.07 Å². The van der Waals surface area contributed by atoms with Gasteiger partial charge in [-0.15, -0.1) is 0 Å². The summed E-state index contributed by atoms with van der Waals surface area (Å²) in [6, 6.07) is 18.1. The van der Waals surface area contributed by atoms with Crippen LogP contribution in [0.3, 0.4) is 0 Å². The molecule has 3 aromatic rings. The molecule has 0 aliphatic rings. The highest BCUT2D eigenvalue weighted by atomic mass is 35.5. The monoisotopic (exact) mass is 300 g/mol. The summed E-state index contributed by atoms with van der Waals surface area (Å²) in [4.78, 5) is 0. The first-order valence-electron chi connectivity index (χ1n) is 6.74. The van der Waals surface area contributed by atoms with Crippen molar-refractivity contribution in [1.29, 1.82) is 0 Å². The van der Waals surface area contributed by atoms with E-state index in [1.165, 1.54) is 12.1 Å². The highest BCUT2D eigenvalue weighted by Crippen LogP contribution is 2.26. The number of fused-ring (bicyclic) bond motifs is 1. The van der Waals surface area contributed by atoms with E-state index < -0.39 is 11.9 Å². The van der Waals surface area contributed by atoms with Gasteiger partial charge >= 0.3 is 0 Å². The molecular weight excluding hydrogens is 287 g/mol. The first kappa shape index (κ1) is 14.1. The lowest BCUT2D eigenvalue weighted by molar-refractivity contribution is 0.178. The number of aliphatic hydroxyl groups excluding tert-OH is 1. The Morgan fingerprint density at radius 3 is 2.57 bits per heavy atom. The van der Waals surface area contributed by atoms with Gasteiger partial charge in [-0.3, -0.25) is 0 Å². The van der Waals surface area contributed by atoms with Gasteiger partial charge in [0.2, 0.25) is 0 Å². The average molecular weight is 301 g/mol. The van der Waals surface area contributed by atoms with E-state index >= 15 is 0 Å². The number of aliphatic hydroxyl groups is 1. The van der Waals surface area contributed by atoms with Gasteiger partial charge in [0.05, 0.1) is 6.10 Å². The van der Waals surface area contributed by atoms with E-state index in [9.17, 15) is 9.50 Å². The topological polar surface area (TPSA) is 20.2 Å². The van der Waals surface area contributed by atoms with E-state index in [2.05, 4.69) is 0 Å². The summed E-state index contributed by atoms with van der Waals surface area (Å²) in [7, 11) is 0. The largest absolute Gasteiger partial charge is 0.388 e. The van der Waals surface area contributed by atoms with Crippen molar-refractivity contribution in [3.8, 4) is 0 Å². The van der Waals surface area contributed by atoms with Crippen LogP contribution in [-0.4, -0.2) is 5.11 Å². The van der Waals surface area contributed by atoms with Gasteiger partial charge in [-0.1, -0.05) is 54.1 Å². The highest BCUT2D eigenvalue weighted by molar-refractivity contribution is 6.30. The lowest BCUT2D eigenvalue weighted by Gasteiger charge is -2.13. The SMILES string of the molecule is OC(Cc1cccc2ccccc12)c1cc(F)cc(Cl)c1. The molecule has 0 aliphatic carbocycles. The molecule has 0 heterocycles. The number of benzene rings is 3. The fraction of sp³-hybridized carbons (Fsp3) is 0.111. The van der Waals surface area contributed by atoms with E-state index in [4.69, 9.17) is 11.6 Å². The predicted molar refractivity (Wildman–Crippen MR) is 84.0 cm³/mol. The summed E-state index contributed by atoms with van der Waals surface area (Å²) in [6.45, 7) is 0. The minimum Gasteiger partial charge on any atom is -0.388 e. The molecule has 0 fully saturated rings. The minimum atomic E-state index is -0.788. The molecule has 3 aromatic carbocycles. The average Bonchev–Trinajstić information content (AvgIpc) is 2.46. The van der Waals surface area contributed by atoms with Crippen molar-refractivity contribution in [2.75, 3.05) is 0 Å². The smallest absolute Gasteiger partial charge is 0.125 e. The lowest BCUT2D eigenvalue weighted by atomic mass is 9.97. The summed E-state index contributed by atoms with van der Waals surface area (Å²) in [6.07, 6.45) is -0.370. The Kier molecular flexibility index (Phi) is 3.91. The Balaban J connectivity index is 1.94.